The minimum atomic E-state index is -3.49. The number of primary amides is 2. The van der Waals surface area contributed by atoms with Crippen LogP contribution in [-0.2, 0) is 33.5 Å². The van der Waals surface area contributed by atoms with E-state index < -0.39 is 34.0 Å². The molecule has 2 fully saturated rings. The van der Waals surface area contributed by atoms with E-state index in [4.69, 9.17) is 20.8 Å². The number of nitrogens with zero attached hydrogens (tertiary/aromatic N) is 2. The van der Waals surface area contributed by atoms with Crippen LogP contribution in [0.15, 0.2) is 0 Å². The number of hydrogen-bond acceptors (Lipinski definition) is 8. The van der Waals surface area contributed by atoms with Gasteiger partial charge in [-0.2, -0.15) is 8.42 Å². The number of nitrogens with two attached hydrogens (primary N) is 2. The molecule has 2 rings (SSSR count). The number of carbonyl (C=O) groups excluding carboxylic acids is 4. The molecule has 2 saturated heterocycles. The second kappa shape index (κ2) is 13.6. The van der Waals surface area contributed by atoms with Crippen molar-refractivity contribution in [2.75, 3.05) is 32.6 Å². The number of piperidine rings is 2. The van der Waals surface area contributed by atoms with Crippen molar-refractivity contribution in [1.29, 1.82) is 0 Å². The summed E-state index contributed by atoms with van der Waals surface area (Å²) in [5.41, 5.74) is 10.5. The summed E-state index contributed by atoms with van der Waals surface area (Å²) < 4.78 is 26.6. The number of aliphatic hydroxyl groups excluding tert-OH is 1. The lowest BCUT2D eigenvalue weighted by Crippen LogP contribution is -2.52. The molecule has 2 aliphatic rings. The monoisotopic (exact) mass is 506 g/mol. The topological polar surface area (TPSA) is 190 Å². The number of amides is 4. The average molecular weight is 507 g/mol. The fraction of sp³-hybridized carbons (Fsp3) is 0.810. The minimum absolute atomic E-state index is 0.0256. The normalized spacial score (nSPS) is 23.1. The fourth-order valence-electron chi connectivity index (χ4n) is 4.14. The first-order chi connectivity index (χ1) is 15.8. The van der Waals surface area contributed by atoms with Gasteiger partial charge in [-0.3, -0.25) is 23.4 Å². The molecule has 0 aromatic carbocycles. The summed E-state index contributed by atoms with van der Waals surface area (Å²) in [5.74, 6) is -1.19. The van der Waals surface area contributed by atoms with Crippen LogP contribution in [0.3, 0.4) is 0 Å². The first-order valence-corrected chi connectivity index (χ1v) is 13.3. The van der Waals surface area contributed by atoms with Crippen molar-refractivity contribution in [2.45, 2.75) is 64.5 Å². The van der Waals surface area contributed by atoms with Crippen LogP contribution in [0.1, 0.15) is 52.4 Å². The Hall–Kier alpha value is -2.25. The van der Waals surface area contributed by atoms with Crippen molar-refractivity contribution < 1.29 is 36.9 Å². The number of likely N-dealkylation sites (tertiary alicyclic amines) is 2. The van der Waals surface area contributed by atoms with Crippen LogP contribution >= 0.6 is 0 Å². The van der Waals surface area contributed by atoms with Gasteiger partial charge in [0.05, 0.1) is 12.9 Å². The van der Waals surface area contributed by atoms with Gasteiger partial charge in [0.2, 0.25) is 23.6 Å². The van der Waals surface area contributed by atoms with E-state index in [2.05, 4.69) is 0 Å². The molecule has 4 atom stereocenters. The molecule has 34 heavy (non-hydrogen) atoms. The van der Waals surface area contributed by atoms with Crippen molar-refractivity contribution in [2.24, 2.45) is 23.3 Å². The Morgan fingerprint density at radius 2 is 1.38 bits per heavy atom. The smallest absolute Gasteiger partial charge is 0.264 e. The van der Waals surface area contributed by atoms with E-state index in [0.717, 1.165) is 6.26 Å². The summed E-state index contributed by atoms with van der Waals surface area (Å²) in [5, 5.41) is 9.03. The Bertz CT molecular complexity index is 835. The summed E-state index contributed by atoms with van der Waals surface area (Å²) in [6.45, 7) is 4.42. The Labute approximate surface area is 201 Å². The molecular weight excluding hydrogens is 468 g/mol. The number of hydrogen-bond donors (Lipinski definition) is 3. The largest absolute Gasteiger partial charge is 0.396 e. The molecule has 0 aromatic heterocycles. The van der Waals surface area contributed by atoms with E-state index in [1.165, 1.54) is 9.80 Å². The maximum Gasteiger partial charge on any atom is 0.264 e. The van der Waals surface area contributed by atoms with E-state index in [1.807, 2.05) is 6.92 Å². The predicted molar refractivity (Wildman–Crippen MR) is 123 cm³/mol. The Morgan fingerprint density at radius 1 is 0.971 bits per heavy atom. The second-order valence-corrected chi connectivity index (χ2v) is 10.4. The van der Waals surface area contributed by atoms with Crippen LogP contribution < -0.4 is 11.5 Å². The molecule has 4 amide bonds. The van der Waals surface area contributed by atoms with Gasteiger partial charge in [0.1, 0.15) is 12.1 Å². The van der Waals surface area contributed by atoms with Crippen LogP contribution in [0.4, 0.5) is 0 Å². The second-order valence-electron chi connectivity index (χ2n) is 8.73. The van der Waals surface area contributed by atoms with E-state index in [1.54, 1.807) is 6.92 Å². The third kappa shape index (κ3) is 9.18. The molecule has 13 heteroatoms. The SMILES string of the molecule is CC[C@@H](C(N)=O)N1CC(CO)CCC1=O.CC[C@@H](C(N)=O)N1CC(COS(C)(=O)=O)CCC1=O. The Kier molecular flexibility index (Phi) is 11.9. The van der Waals surface area contributed by atoms with Crippen LogP contribution in [0.25, 0.3) is 0 Å². The molecule has 5 N–H and O–H groups in total. The highest BCUT2D eigenvalue weighted by Gasteiger charge is 2.34. The first-order valence-electron chi connectivity index (χ1n) is 11.5. The molecule has 2 aliphatic heterocycles. The van der Waals surface area contributed by atoms with E-state index in [-0.39, 0.29) is 43.3 Å². The van der Waals surface area contributed by atoms with Crippen LogP contribution in [0.5, 0.6) is 0 Å². The summed E-state index contributed by atoms with van der Waals surface area (Å²) >= 11 is 0. The maximum atomic E-state index is 11.8. The highest BCUT2D eigenvalue weighted by atomic mass is 32.2. The molecule has 0 aliphatic carbocycles. The van der Waals surface area contributed by atoms with Gasteiger partial charge in [0, 0.05) is 44.4 Å². The van der Waals surface area contributed by atoms with E-state index in [0.29, 0.717) is 45.2 Å². The third-order valence-corrected chi connectivity index (χ3v) is 6.61. The van der Waals surface area contributed by atoms with Gasteiger partial charge in [-0.15, -0.1) is 0 Å². The standard InChI is InChI=1S/C11H20N2O5S.C10H18N2O3/c1-3-9(11(12)15)13-6-8(4-5-10(13)14)7-18-19(2,16)17;1-2-8(10(11)15)12-5-7(6-13)3-4-9(12)14/h8-9H,3-7H2,1-2H3,(H2,12,15);7-8,13H,2-6H2,1H3,(H2,11,15)/t8?,9-;7?,8-/m00/s1. The predicted octanol–water partition coefficient (Wildman–Crippen LogP) is -1.05. The van der Waals surface area contributed by atoms with Gasteiger partial charge in [-0.05, 0) is 25.7 Å². The van der Waals surface area contributed by atoms with Crippen molar-refractivity contribution in [1.82, 2.24) is 9.80 Å². The molecule has 0 aromatic rings. The lowest BCUT2D eigenvalue weighted by molar-refractivity contribution is -0.143. The molecule has 2 unspecified atom stereocenters. The highest BCUT2D eigenvalue weighted by molar-refractivity contribution is 7.85. The van der Waals surface area contributed by atoms with Crippen molar-refractivity contribution in [3.8, 4) is 0 Å². The molecular formula is C21H38N4O8S. The van der Waals surface area contributed by atoms with Gasteiger partial charge in [0.25, 0.3) is 10.1 Å². The van der Waals surface area contributed by atoms with Crippen LogP contribution in [0.2, 0.25) is 0 Å². The molecule has 2 heterocycles. The van der Waals surface area contributed by atoms with Gasteiger partial charge in [-0.25, -0.2) is 0 Å². The van der Waals surface area contributed by atoms with E-state index in [9.17, 15) is 27.6 Å². The zero-order valence-corrected chi connectivity index (χ0v) is 21.0. The molecule has 196 valence electrons. The Balaban J connectivity index is 0.000000350. The molecule has 0 saturated carbocycles. The molecule has 12 nitrogen and oxygen atoms in total. The zero-order valence-electron chi connectivity index (χ0n) is 20.1. The third-order valence-electron chi connectivity index (χ3n) is 6.04. The summed E-state index contributed by atoms with van der Waals surface area (Å²) in [4.78, 5) is 48.8. The average Bonchev–Trinajstić information content (AvgIpc) is 2.75. The van der Waals surface area contributed by atoms with Crippen molar-refractivity contribution in [3.63, 3.8) is 0 Å². The van der Waals surface area contributed by atoms with Gasteiger partial charge in [0.15, 0.2) is 0 Å². The van der Waals surface area contributed by atoms with Crippen molar-refractivity contribution in [3.05, 3.63) is 0 Å². The van der Waals surface area contributed by atoms with Crippen LogP contribution in [-0.4, -0.2) is 91.6 Å². The fourth-order valence-corrected chi connectivity index (χ4v) is 4.58. The summed E-state index contributed by atoms with van der Waals surface area (Å²) in [7, 11) is -3.49. The summed E-state index contributed by atoms with van der Waals surface area (Å²) in [6, 6.07) is -1.15. The lowest BCUT2D eigenvalue weighted by Gasteiger charge is -2.36. The maximum absolute atomic E-state index is 11.8. The van der Waals surface area contributed by atoms with Crippen LogP contribution in [0, 0.1) is 11.8 Å². The van der Waals surface area contributed by atoms with E-state index >= 15 is 0 Å². The number of rotatable bonds is 10. The zero-order chi connectivity index (χ0) is 26.1. The Morgan fingerprint density at radius 3 is 1.74 bits per heavy atom. The van der Waals surface area contributed by atoms with Gasteiger partial charge < -0.3 is 26.4 Å². The minimum Gasteiger partial charge on any atom is -0.396 e. The number of aliphatic hydroxyl groups is 1. The molecule has 0 bridgehead atoms. The molecule has 0 spiro atoms. The highest BCUT2D eigenvalue weighted by Crippen LogP contribution is 2.22. The lowest BCUT2D eigenvalue weighted by atomic mass is 9.96. The quantitative estimate of drug-likeness (QED) is 0.312. The van der Waals surface area contributed by atoms with Gasteiger partial charge in [-0.1, -0.05) is 13.8 Å². The summed E-state index contributed by atoms with van der Waals surface area (Å²) in [6.07, 6.45) is 3.88. The van der Waals surface area contributed by atoms with Gasteiger partial charge >= 0.3 is 0 Å². The number of carbonyl (C=O) groups is 4. The first kappa shape index (κ1) is 29.8. The molecule has 0 radical (unpaired) electrons. The van der Waals surface area contributed by atoms with Crippen molar-refractivity contribution >= 4 is 33.7 Å².